The van der Waals surface area contributed by atoms with E-state index in [0.29, 0.717) is 12.3 Å². The predicted octanol–water partition coefficient (Wildman–Crippen LogP) is 0.578. The number of hydrogen-bond acceptors (Lipinski definition) is 4. The van der Waals surface area contributed by atoms with Crippen molar-refractivity contribution in [2.24, 2.45) is 5.92 Å². The van der Waals surface area contributed by atoms with Crippen LogP contribution in [0, 0.1) is 5.92 Å². The molecule has 1 aliphatic heterocycles. The molecule has 1 aromatic carbocycles. The van der Waals surface area contributed by atoms with Crippen LogP contribution in [0.4, 0.5) is 5.69 Å². The van der Waals surface area contributed by atoms with E-state index in [4.69, 9.17) is 4.74 Å². The van der Waals surface area contributed by atoms with Crippen molar-refractivity contribution in [2.75, 3.05) is 18.1 Å². The van der Waals surface area contributed by atoms with Gasteiger partial charge in [0.05, 0.1) is 6.61 Å². The number of carbonyl (C=O) groups is 2. The summed E-state index contributed by atoms with van der Waals surface area (Å²) < 4.78 is 5.45. The number of carboxylic acids is 1. The fourth-order valence-electron chi connectivity index (χ4n) is 2.06. The van der Waals surface area contributed by atoms with Gasteiger partial charge < -0.3 is 19.5 Å². The molecule has 1 fully saturated rings. The van der Waals surface area contributed by atoms with Crippen molar-refractivity contribution < 1.29 is 19.4 Å². The Morgan fingerprint density at radius 2 is 2.11 bits per heavy atom. The molecule has 0 aromatic heterocycles. The van der Waals surface area contributed by atoms with Crippen molar-refractivity contribution in [3.8, 4) is 5.75 Å². The zero-order valence-electron chi connectivity index (χ0n) is 10.8. The largest absolute Gasteiger partial charge is 0.550 e. The molecular weight excluding hydrogens is 246 g/mol. The third-order valence-electron chi connectivity index (χ3n) is 3.08. The summed E-state index contributed by atoms with van der Waals surface area (Å²) >= 11 is 0. The quantitative estimate of drug-likeness (QED) is 0.778. The summed E-state index contributed by atoms with van der Waals surface area (Å²) in [6.07, 6.45) is 0.941. The summed E-state index contributed by atoms with van der Waals surface area (Å²) in [6.45, 7) is 2.85. The summed E-state index contributed by atoms with van der Waals surface area (Å²) in [5, 5.41) is 10.8. The van der Waals surface area contributed by atoms with E-state index in [0.717, 1.165) is 12.2 Å². The van der Waals surface area contributed by atoms with Gasteiger partial charge in [-0.1, -0.05) is 6.92 Å². The molecule has 0 bridgehead atoms. The van der Waals surface area contributed by atoms with Crippen LogP contribution >= 0.6 is 0 Å². The van der Waals surface area contributed by atoms with Crippen LogP contribution in [-0.2, 0) is 9.59 Å². The first-order valence-electron chi connectivity index (χ1n) is 6.36. The van der Waals surface area contributed by atoms with Gasteiger partial charge in [-0.3, -0.25) is 4.79 Å². The van der Waals surface area contributed by atoms with E-state index in [2.05, 4.69) is 0 Å². The van der Waals surface area contributed by atoms with Crippen LogP contribution in [0.3, 0.4) is 0 Å². The Kier molecular flexibility index (Phi) is 4.04. The lowest BCUT2D eigenvalue weighted by molar-refractivity contribution is -0.310. The van der Waals surface area contributed by atoms with Gasteiger partial charge in [-0.05, 0) is 30.7 Å². The molecule has 0 saturated carbocycles. The normalized spacial score (nSPS) is 18.7. The van der Waals surface area contributed by atoms with Gasteiger partial charge in [0.2, 0.25) is 5.91 Å². The zero-order valence-corrected chi connectivity index (χ0v) is 10.8. The second kappa shape index (κ2) is 5.73. The van der Waals surface area contributed by atoms with Gasteiger partial charge >= 0.3 is 0 Å². The van der Waals surface area contributed by atoms with Gasteiger partial charge in [0.25, 0.3) is 0 Å². The molecule has 5 nitrogen and oxygen atoms in total. The molecule has 1 aliphatic rings. The Morgan fingerprint density at radius 1 is 1.42 bits per heavy atom. The zero-order chi connectivity index (χ0) is 13.8. The van der Waals surface area contributed by atoms with Crippen LogP contribution in [0.15, 0.2) is 24.3 Å². The van der Waals surface area contributed by atoms with Gasteiger partial charge in [-0.15, -0.1) is 0 Å². The van der Waals surface area contributed by atoms with Gasteiger partial charge in [-0.25, -0.2) is 0 Å². The van der Waals surface area contributed by atoms with E-state index in [-0.39, 0.29) is 18.9 Å². The molecule has 1 heterocycles. The number of carboxylic acid groups (broad SMARTS) is 1. The molecule has 102 valence electrons. The average Bonchev–Trinajstić information content (AvgIpc) is 2.79. The Bertz CT molecular complexity index is 469. The minimum atomic E-state index is -1.17. The fourth-order valence-corrected chi connectivity index (χ4v) is 2.06. The second-order valence-electron chi connectivity index (χ2n) is 4.57. The van der Waals surface area contributed by atoms with Crippen molar-refractivity contribution in [1.29, 1.82) is 0 Å². The number of aliphatic carboxylic acids is 1. The summed E-state index contributed by atoms with van der Waals surface area (Å²) in [6, 6.07) is 7.09. The van der Waals surface area contributed by atoms with Crippen LogP contribution in [0.5, 0.6) is 5.75 Å². The third-order valence-corrected chi connectivity index (χ3v) is 3.08. The van der Waals surface area contributed by atoms with Crippen molar-refractivity contribution >= 4 is 17.6 Å². The number of rotatable bonds is 5. The highest BCUT2D eigenvalue weighted by Crippen LogP contribution is 2.26. The first-order chi connectivity index (χ1) is 9.11. The summed E-state index contributed by atoms with van der Waals surface area (Å²) in [5.41, 5.74) is 0.692. The highest BCUT2D eigenvalue weighted by Gasteiger charge is 2.31. The van der Waals surface area contributed by atoms with Gasteiger partial charge in [-0.2, -0.15) is 0 Å². The van der Waals surface area contributed by atoms with Gasteiger partial charge in [0.15, 0.2) is 0 Å². The standard InChI is InChI=1S/C14H17NO4/c1-2-7-19-12-5-3-11(4-6-12)15-9-10(14(17)18)8-13(15)16/h3-6,10H,2,7-9H2,1H3,(H,17,18)/p-1/t10-/m1/s1. The minimum absolute atomic E-state index is 0.0103. The first kappa shape index (κ1) is 13.4. The highest BCUT2D eigenvalue weighted by atomic mass is 16.5. The molecule has 1 saturated heterocycles. The molecule has 2 rings (SSSR count). The number of anilines is 1. The van der Waals surface area contributed by atoms with E-state index >= 15 is 0 Å². The Balaban J connectivity index is 2.06. The molecule has 1 aromatic rings. The Morgan fingerprint density at radius 3 is 2.63 bits per heavy atom. The van der Waals surface area contributed by atoms with Crippen LogP contribution in [0.25, 0.3) is 0 Å². The molecule has 0 radical (unpaired) electrons. The highest BCUT2D eigenvalue weighted by molar-refractivity contribution is 5.98. The Labute approximate surface area is 111 Å². The molecule has 0 unspecified atom stereocenters. The van der Waals surface area contributed by atoms with Crippen LogP contribution in [0.1, 0.15) is 19.8 Å². The van der Waals surface area contributed by atoms with E-state index in [9.17, 15) is 14.7 Å². The maximum absolute atomic E-state index is 11.8. The number of benzene rings is 1. The maximum Gasteiger partial charge on any atom is 0.227 e. The molecule has 0 spiro atoms. The van der Waals surface area contributed by atoms with Gasteiger partial charge in [0.1, 0.15) is 5.75 Å². The number of hydrogen-bond donors (Lipinski definition) is 0. The average molecular weight is 262 g/mol. The number of ether oxygens (including phenoxy) is 1. The molecule has 0 aliphatic carbocycles. The van der Waals surface area contributed by atoms with Crippen molar-refractivity contribution in [1.82, 2.24) is 0 Å². The van der Waals surface area contributed by atoms with Crippen LogP contribution < -0.4 is 14.7 Å². The van der Waals surface area contributed by atoms with E-state index < -0.39 is 11.9 Å². The number of nitrogens with zero attached hydrogens (tertiary/aromatic N) is 1. The molecular formula is C14H16NO4-. The smallest absolute Gasteiger partial charge is 0.227 e. The lowest BCUT2D eigenvalue weighted by Crippen LogP contribution is -2.33. The second-order valence-corrected chi connectivity index (χ2v) is 4.57. The van der Waals surface area contributed by atoms with Crippen LogP contribution in [0.2, 0.25) is 0 Å². The monoisotopic (exact) mass is 262 g/mol. The van der Waals surface area contributed by atoms with E-state index in [1.54, 1.807) is 24.3 Å². The van der Waals surface area contributed by atoms with Crippen LogP contribution in [-0.4, -0.2) is 25.0 Å². The number of amides is 1. The van der Waals surface area contributed by atoms with Crippen molar-refractivity contribution in [2.45, 2.75) is 19.8 Å². The lowest BCUT2D eigenvalue weighted by Gasteiger charge is -2.17. The summed E-state index contributed by atoms with van der Waals surface area (Å²) in [7, 11) is 0. The van der Waals surface area contributed by atoms with Crippen molar-refractivity contribution in [3.63, 3.8) is 0 Å². The molecule has 5 heteroatoms. The van der Waals surface area contributed by atoms with E-state index in [1.165, 1.54) is 4.90 Å². The molecule has 0 N–H and O–H groups in total. The molecule has 1 amide bonds. The van der Waals surface area contributed by atoms with Gasteiger partial charge in [0, 0.05) is 30.5 Å². The predicted molar refractivity (Wildman–Crippen MR) is 67.7 cm³/mol. The maximum atomic E-state index is 11.8. The SMILES string of the molecule is CCCOc1ccc(N2C[C@H](C(=O)[O-])CC2=O)cc1. The molecule has 1 atom stereocenters. The first-order valence-corrected chi connectivity index (χ1v) is 6.36. The minimum Gasteiger partial charge on any atom is -0.550 e. The lowest BCUT2D eigenvalue weighted by atomic mass is 10.1. The summed E-state index contributed by atoms with van der Waals surface area (Å²) in [4.78, 5) is 24.0. The molecule has 19 heavy (non-hydrogen) atoms. The third kappa shape index (κ3) is 3.05. The van der Waals surface area contributed by atoms with Crippen molar-refractivity contribution in [3.05, 3.63) is 24.3 Å². The topological polar surface area (TPSA) is 69.7 Å². The Hall–Kier alpha value is -2.04. The fraction of sp³-hybridized carbons (Fsp3) is 0.429. The summed E-state index contributed by atoms with van der Waals surface area (Å²) in [5.74, 6) is -1.33. The van der Waals surface area contributed by atoms with E-state index in [1.807, 2.05) is 6.92 Å². The number of carbonyl (C=O) groups excluding carboxylic acids is 2.